The maximum Gasteiger partial charge on any atom is 0.313 e. The monoisotopic (exact) mass is 317 g/mol. The van der Waals surface area contributed by atoms with Crippen molar-refractivity contribution in [3.8, 4) is 0 Å². The second-order valence-corrected chi connectivity index (χ2v) is 5.06. The van der Waals surface area contributed by atoms with Gasteiger partial charge < -0.3 is 20.4 Å². The van der Waals surface area contributed by atoms with Gasteiger partial charge in [0.1, 0.15) is 0 Å². The van der Waals surface area contributed by atoms with Crippen molar-refractivity contribution in [2.24, 2.45) is 0 Å². The van der Waals surface area contributed by atoms with Crippen molar-refractivity contribution < 1.29 is 25.2 Å². The predicted molar refractivity (Wildman–Crippen MR) is 82.5 cm³/mol. The van der Waals surface area contributed by atoms with E-state index >= 15 is 0 Å². The van der Waals surface area contributed by atoms with Crippen LogP contribution in [-0.2, 0) is 4.79 Å². The van der Waals surface area contributed by atoms with Crippen LogP contribution in [0, 0.1) is 0 Å². The van der Waals surface area contributed by atoms with Crippen LogP contribution in [0.2, 0.25) is 0 Å². The van der Waals surface area contributed by atoms with Crippen molar-refractivity contribution in [2.45, 2.75) is 4.90 Å². The standard InChI is InChI=1S/C8H8O2S.C6H15NO3/c9-8(10)6-11-7-4-2-1-3-5-7;8-4-1-7(2-5-9)3-6-10/h1-5H,6H2,(H,9,10);8-10H,1-6H2. The van der Waals surface area contributed by atoms with Gasteiger partial charge in [-0.05, 0) is 12.1 Å². The third-order valence-corrected chi connectivity index (χ3v) is 3.35. The van der Waals surface area contributed by atoms with Crippen LogP contribution in [0.3, 0.4) is 0 Å². The van der Waals surface area contributed by atoms with Crippen molar-refractivity contribution >= 4 is 17.7 Å². The first-order valence-electron chi connectivity index (χ1n) is 6.58. The van der Waals surface area contributed by atoms with Crippen LogP contribution in [0.15, 0.2) is 35.2 Å². The summed E-state index contributed by atoms with van der Waals surface area (Å²) >= 11 is 1.33. The Balaban J connectivity index is 0.000000384. The summed E-state index contributed by atoms with van der Waals surface area (Å²) in [5.41, 5.74) is 0. The number of carbonyl (C=O) groups is 1. The SMILES string of the molecule is O=C(O)CSc1ccccc1.OCCN(CCO)CCO. The lowest BCUT2D eigenvalue weighted by Gasteiger charge is -2.17. The normalized spacial score (nSPS) is 10.1. The largest absolute Gasteiger partial charge is 0.481 e. The zero-order valence-electron chi connectivity index (χ0n) is 11.9. The molecular weight excluding hydrogens is 294 g/mol. The van der Waals surface area contributed by atoms with Crippen LogP contribution in [0.25, 0.3) is 0 Å². The molecule has 0 bridgehead atoms. The molecule has 6 nitrogen and oxygen atoms in total. The van der Waals surface area contributed by atoms with Gasteiger partial charge in [0.2, 0.25) is 0 Å². The lowest BCUT2D eigenvalue weighted by Crippen LogP contribution is -2.32. The van der Waals surface area contributed by atoms with E-state index in [2.05, 4.69) is 0 Å². The van der Waals surface area contributed by atoms with E-state index in [1.807, 2.05) is 30.3 Å². The molecule has 0 aliphatic heterocycles. The molecule has 0 aliphatic rings. The Morgan fingerprint density at radius 3 is 1.81 bits per heavy atom. The van der Waals surface area contributed by atoms with Gasteiger partial charge in [-0.1, -0.05) is 18.2 Å². The Kier molecular flexibility index (Phi) is 13.1. The molecular formula is C14H23NO5S. The first-order valence-corrected chi connectivity index (χ1v) is 7.57. The van der Waals surface area contributed by atoms with Crippen molar-refractivity contribution in [1.29, 1.82) is 0 Å². The molecule has 0 saturated carbocycles. The van der Waals surface area contributed by atoms with Gasteiger partial charge in [0.25, 0.3) is 0 Å². The number of hydrogen-bond donors (Lipinski definition) is 4. The summed E-state index contributed by atoms with van der Waals surface area (Å²) in [6, 6.07) is 9.49. The highest BCUT2D eigenvalue weighted by Gasteiger charge is 2.00. The van der Waals surface area contributed by atoms with Crippen LogP contribution in [0.1, 0.15) is 0 Å². The van der Waals surface area contributed by atoms with Crippen LogP contribution < -0.4 is 0 Å². The number of carboxylic acids is 1. The molecule has 0 atom stereocenters. The topological polar surface area (TPSA) is 101 Å². The second kappa shape index (κ2) is 13.8. The van der Waals surface area contributed by atoms with Gasteiger partial charge in [-0.25, -0.2) is 0 Å². The van der Waals surface area contributed by atoms with E-state index in [4.69, 9.17) is 20.4 Å². The maximum atomic E-state index is 10.2. The fraction of sp³-hybridized carbons (Fsp3) is 0.500. The molecule has 0 aromatic heterocycles. The Bertz CT molecular complexity index is 349. The van der Waals surface area contributed by atoms with E-state index in [-0.39, 0.29) is 25.6 Å². The smallest absolute Gasteiger partial charge is 0.313 e. The molecule has 0 radical (unpaired) electrons. The zero-order valence-corrected chi connectivity index (χ0v) is 12.7. The van der Waals surface area contributed by atoms with Gasteiger partial charge in [-0.3, -0.25) is 9.69 Å². The highest BCUT2D eigenvalue weighted by molar-refractivity contribution is 8.00. The third-order valence-electron chi connectivity index (χ3n) is 2.35. The lowest BCUT2D eigenvalue weighted by molar-refractivity contribution is -0.133. The average molecular weight is 317 g/mol. The van der Waals surface area contributed by atoms with E-state index in [9.17, 15) is 4.79 Å². The van der Waals surface area contributed by atoms with Gasteiger partial charge in [0, 0.05) is 24.5 Å². The average Bonchev–Trinajstić information content (AvgIpc) is 2.48. The van der Waals surface area contributed by atoms with Gasteiger partial charge in [0.15, 0.2) is 0 Å². The number of benzene rings is 1. The zero-order chi connectivity index (χ0) is 15.9. The summed E-state index contributed by atoms with van der Waals surface area (Å²) in [4.78, 5) is 12.9. The molecule has 0 amide bonds. The number of nitrogens with zero attached hydrogens (tertiary/aromatic N) is 1. The summed E-state index contributed by atoms with van der Waals surface area (Å²) in [5, 5.41) is 33.8. The first kappa shape index (κ1) is 19.9. The minimum absolute atomic E-state index is 0.0694. The van der Waals surface area contributed by atoms with E-state index in [1.54, 1.807) is 4.90 Å². The van der Waals surface area contributed by atoms with E-state index in [1.165, 1.54) is 11.8 Å². The highest BCUT2D eigenvalue weighted by atomic mass is 32.2. The van der Waals surface area contributed by atoms with E-state index in [0.717, 1.165) is 4.90 Å². The first-order chi connectivity index (χ1) is 10.1. The highest BCUT2D eigenvalue weighted by Crippen LogP contribution is 2.15. The summed E-state index contributed by atoms with van der Waals surface area (Å²) in [6.45, 7) is 1.75. The molecule has 4 N–H and O–H groups in total. The number of aliphatic carboxylic acids is 1. The molecule has 0 heterocycles. The van der Waals surface area contributed by atoms with Gasteiger partial charge >= 0.3 is 5.97 Å². The molecule has 120 valence electrons. The lowest BCUT2D eigenvalue weighted by atomic mass is 10.4. The number of rotatable bonds is 9. The molecule has 7 heteroatoms. The molecule has 1 aromatic rings. The van der Waals surface area contributed by atoms with Gasteiger partial charge in [-0.15, -0.1) is 11.8 Å². The Morgan fingerprint density at radius 2 is 1.43 bits per heavy atom. The van der Waals surface area contributed by atoms with Crippen molar-refractivity contribution in [3.63, 3.8) is 0 Å². The summed E-state index contributed by atoms with van der Waals surface area (Å²) in [7, 11) is 0. The fourth-order valence-electron chi connectivity index (χ4n) is 1.42. The second-order valence-electron chi connectivity index (χ2n) is 4.01. The quantitative estimate of drug-likeness (QED) is 0.480. The van der Waals surface area contributed by atoms with Crippen molar-refractivity contribution in [1.82, 2.24) is 4.90 Å². The molecule has 0 fully saturated rings. The van der Waals surface area contributed by atoms with Crippen molar-refractivity contribution in [3.05, 3.63) is 30.3 Å². The minimum atomic E-state index is -0.779. The van der Waals surface area contributed by atoms with Crippen LogP contribution in [-0.4, -0.2) is 76.5 Å². The summed E-state index contributed by atoms with van der Waals surface area (Å²) < 4.78 is 0. The molecule has 0 spiro atoms. The predicted octanol–water partition coefficient (Wildman–Crippen LogP) is 0.129. The van der Waals surface area contributed by atoms with Crippen LogP contribution in [0.4, 0.5) is 0 Å². The Morgan fingerprint density at radius 1 is 0.952 bits per heavy atom. The molecule has 1 rings (SSSR count). The number of aliphatic hydroxyl groups excluding tert-OH is 3. The third kappa shape index (κ3) is 12.3. The molecule has 0 saturated heterocycles. The van der Waals surface area contributed by atoms with Crippen LogP contribution >= 0.6 is 11.8 Å². The number of carboxylic acid groups (broad SMARTS) is 1. The van der Waals surface area contributed by atoms with E-state index in [0.29, 0.717) is 19.6 Å². The minimum Gasteiger partial charge on any atom is -0.481 e. The van der Waals surface area contributed by atoms with Gasteiger partial charge in [-0.2, -0.15) is 0 Å². The molecule has 1 aromatic carbocycles. The van der Waals surface area contributed by atoms with E-state index < -0.39 is 5.97 Å². The summed E-state index contributed by atoms with van der Waals surface area (Å²) in [5.74, 6) is -0.650. The number of hydrogen-bond acceptors (Lipinski definition) is 6. The Labute approximate surface area is 129 Å². The maximum absolute atomic E-state index is 10.2. The van der Waals surface area contributed by atoms with Crippen molar-refractivity contribution in [2.75, 3.05) is 45.2 Å². The molecule has 0 aliphatic carbocycles. The fourth-order valence-corrected chi connectivity index (χ4v) is 2.06. The van der Waals surface area contributed by atoms with Crippen LogP contribution in [0.5, 0.6) is 0 Å². The number of thioether (sulfide) groups is 1. The number of aliphatic hydroxyl groups is 3. The molecule has 0 unspecified atom stereocenters. The summed E-state index contributed by atoms with van der Waals surface area (Å²) in [6.07, 6.45) is 0. The Hall–Kier alpha value is -1.12. The van der Waals surface area contributed by atoms with Gasteiger partial charge in [0.05, 0.1) is 25.6 Å². The molecule has 21 heavy (non-hydrogen) atoms.